The van der Waals surface area contributed by atoms with Gasteiger partial charge in [0.1, 0.15) is 32.9 Å². The maximum absolute atomic E-state index is 12.2. The van der Waals surface area contributed by atoms with E-state index in [2.05, 4.69) is 4.72 Å². The maximum Gasteiger partial charge on any atom is 0.244 e. The topological polar surface area (TPSA) is 114 Å². The summed E-state index contributed by atoms with van der Waals surface area (Å²) in [5.41, 5.74) is 0. The van der Waals surface area contributed by atoms with Crippen LogP contribution in [-0.2, 0) is 26.5 Å². The molecule has 0 bridgehead atoms. The molecule has 0 amide bonds. The van der Waals surface area contributed by atoms with Crippen molar-refractivity contribution in [2.75, 3.05) is 11.5 Å². The average Bonchev–Trinajstić information content (AvgIpc) is 2.74. The molecule has 1 aliphatic rings. The first-order chi connectivity index (χ1) is 9.23. The number of aliphatic hydroxyl groups excluding tert-OH is 1. The Morgan fingerprint density at radius 3 is 2.50 bits per heavy atom. The van der Waals surface area contributed by atoms with Gasteiger partial charge in [0.15, 0.2) is 0 Å². The van der Waals surface area contributed by atoms with Crippen molar-refractivity contribution in [2.24, 2.45) is 0 Å². The van der Waals surface area contributed by atoms with E-state index in [1.807, 2.05) is 0 Å². The quantitative estimate of drug-likeness (QED) is 0.802. The Balaban J connectivity index is 2.13. The van der Waals surface area contributed by atoms with Crippen molar-refractivity contribution in [2.45, 2.75) is 37.3 Å². The Morgan fingerprint density at radius 2 is 2.00 bits per heavy atom. The summed E-state index contributed by atoms with van der Waals surface area (Å²) in [6, 6.07) is 0.882. The van der Waals surface area contributed by atoms with E-state index in [9.17, 15) is 16.8 Å². The highest BCUT2D eigenvalue weighted by Crippen LogP contribution is 2.22. The summed E-state index contributed by atoms with van der Waals surface area (Å²) in [6.45, 7) is 1.12. The third-order valence-corrected chi connectivity index (χ3v) is 6.59. The normalized spacial score (nSPS) is 20.1. The fourth-order valence-corrected chi connectivity index (χ4v) is 5.16. The van der Waals surface area contributed by atoms with E-state index in [4.69, 9.17) is 9.52 Å². The summed E-state index contributed by atoms with van der Waals surface area (Å²) in [5.74, 6) is 0.359. The fourth-order valence-electron chi connectivity index (χ4n) is 2.16. The van der Waals surface area contributed by atoms with Crippen molar-refractivity contribution in [3.63, 3.8) is 0 Å². The molecule has 0 aliphatic carbocycles. The number of aliphatic hydroxyl groups is 1. The second kappa shape index (κ2) is 5.47. The highest BCUT2D eigenvalue weighted by Gasteiger charge is 2.29. The van der Waals surface area contributed by atoms with Gasteiger partial charge in [-0.2, -0.15) is 0 Å². The number of nitrogens with one attached hydrogen (secondary N) is 1. The van der Waals surface area contributed by atoms with Gasteiger partial charge in [0.2, 0.25) is 10.0 Å². The lowest BCUT2D eigenvalue weighted by Gasteiger charge is -2.22. The molecule has 2 N–H and O–H groups in total. The summed E-state index contributed by atoms with van der Waals surface area (Å²) in [5, 5.41) is 8.94. The minimum atomic E-state index is -3.77. The molecule has 0 spiro atoms. The number of aryl methyl sites for hydroxylation is 1. The zero-order valence-corrected chi connectivity index (χ0v) is 12.6. The van der Waals surface area contributed by atoms with E-state index in [-0.39, 0.29) is 47.4 Å². The Bertz CT molecular complexity index is 674. The second-order valence-corrected chi connectivity index (χ2v) is 8.82. The molecule has 9 heteroatoms. The van der Waals surface area contributed by atoms with Crippen molar-refractivity contribution >= 4 is 19.9 Å². The predicted molar refractivity (Wildman–Crippen MR) is 71.4 cm³/mol. The Kier molecular flexibility index (Phi) is 4.24. The van der Waals surface area contributed by atoms with Crippen LogP contribution in [0.15, 0.2) is 15.4 Å². The van der Waals surface area contributed by atoms with Crippen LogP contribution in [0.3, 0.4) is 0 Å². The molecule has 1 fully saturated rings. The monoisotopic (exact) mass is 323 g/mol. The van der Waals surface area contributed by atoms with E-state index in [0.29, 0.717) is 0 Å². The van der Waals surface area contributed by atoms with Gasteiger partial charge in [0, 0.05) is 12.1 Å². The van der Waals surface area contributed by atoms with Gasteiger partial charge in [0.25, 0.3) is 0 Å². The van der Waals surface area contributed by atoms with Crippen molar-refractivity contribution in [1.82, 2.24) is 4.72 Å². The molecular formula is C11H17NO6S2. The first kappa shape index (κ1) is 15.5. The summed E-state index contributed by atoms with van der Waals surface area (Å²) in [7, 11) is -6.80. The smallest absolute Gasteiger partial charge is 0.244 e. The number of sulfonamides is 1. The van der Waals surface area contributed by atoms with Crippen LogP contribution >= 0.6 is 0 Å². The highest BCUT2D eigenvalue weighted by atomic mass is 32.2. The van der Waals surface area contributed by atoms with Gasteiger partial charge in [-0.1, -0.05) is 0 Å². The van der Waals surface area contributed by atoms with Crippen LogP contribution in [0.25, 0.3) is 0 Å². The van der Waals surface area contributed by atoms with Gasteiger partial charge in [-0.3, -0.25) is 0 Å². The Hall–Kier alpha value is -0.900. The fraction of sp³-hybridized carbons (Fsp3) is 0.636. The maximum atomic E-state index is 12.2. The largest absolute Gasteiger partial charge is 0.462 e. The van der Waals surface area contributed by atoms with Gasteiger partial charge < -0.3 is 9.52 Å². The lowest BCUT2D eigenvalue weighted by Crippen LogP contribution is -2.40. The first-order valence-corrected chi connectivity index (χ1v) is 9.47. The van der Waals surface area contributed by atoms with Crippen LogP contribution in [0, 0.1) is 6.92 Å². The van der Waals surface area contributed by atoms with Gasteiger partial charge in [-0.25, -0.2) is 21.6 Å². The molecule has 2 heterocycles. The molecule has 1 aliphatic heterocycles. The molecule has 0 unspecified atom stereocenters. The number of hydrogen-bond donors (Lipinski definition) is 2. The summed E-state index contributed by atoms with van der Waals surface area (Å²) >= 11 is 0. The minimum absolute atomic E-state index is 0.00749. The van der Waals surface area contributed by atoms with E-state index in [1.54, 1.807) is 0 Å². The van der Waals surface area contributed by atoms with Crippen molar-refractivity contribution in [1.29, 1.82) is 0 Å². The third kappa shape index (κ3) is 3.40. The van der Waals surface area contributed by atoms with Crippen LogP contribution in [0.5, 0.6) is 0 Å². The summed E-state index contributed by atoms with van der Waals surface area (Å²) < 4.78 is 54.6. The zero-order chi connectivity index (χ0) is 15.0. The summed E-state index contributed by atoms with van der Waals surface area (Å²) in [6.07, 6.45) is 0.538. The molecule has 0 radical (unpaired) electrons. The molecule has 0 saturated carbocycles. The van der Waals surface area contributed by atoms with Gasteiger partial charge in [-0.15, -0.1) is 0 Å². The van der Waals surface area contributed by atoms with E-state index in [1.165, 1.54) is 13.0 Å². The zero-order valence-electron chi connectivity index (χ0n) is 11.0. The number of furan rings is 1. The molecule has 1 saturated heterocycles. The first-order valence-electron chi connectivity index (χ1n) is 6.16. The van der Waals surface area contributed by atoms with E-state index >= 15 is 0 Å². The van der Waals surface area contributed by atoms with Crippen LogP contribution < -0.4 is 4.72 Å². The second-order valence-electron chi connectivity index (χ2n) is 4.84. The average molecular weight is 323 g/mol. The minimum Gasteiger partial charge on any atom is -0.462 e. The van der Waals surface area contributed by atoms with Crippen LogP contribution in [0.1, 0.15) is 24.4 Å². The predicted octanol–water partition coefficient (Wildman–Crippen LogP) is -0.0642. The Labute approximate surface area is 118 Å². The molecule has 1 aromatic rings. The summed E-state index contributed by atoms with van der Waals surface area (Å²) in [4.78, 5) is -0.0185. The lowest BCUT2D eigenvalue weighted by molar-refractivity contribution is 0.244. The molecule has 7 nitrogen and oxygen atoms in total. The Morgan fingerprint density at radius 1 is 1.40 bits per heavy atom. The van der Waals surface area contributed by atoms with Crippen LogP contribution in [-0.4, -0.2) is 39.5 Å². The van der Waals surface area contributed by atoms with Crippen LogP contribution in [0.4, 0.5) is 0 Å². The van der Waals surface area contributed by atoms with E-state index in [0.717, 1.165) is 0 Å². The molecule has 0 aromatic carbocycles. The lowest BCUT2D eigenvalue weighted by atomic mass is 10.2. The standard InChI is InChI=1S/C11H17NO6S2/c1-8-11(6-10(7-13)18-8)20(16,17)12-9-2-4-19(14,15)5-3-9/h6,9,12-13H,2-5,7H2,1H3. The van der Waals surface area contributed by atoms with Crippen molar-refractivity contribution in [3.8, 4) is 0 Å². The van der Waals surface area contributed by atoms with Crippen molar-refractivity contribution < 1.29 is 26.4 Å². The van der Waals surface area contributed by atoms with Crippen molar-refractivity contribution in [3.05, 3.63) is 17.6 Å². The molecule has 114 valence electrons. The van der Waals surface area contributed by atoms with Gasteiger partial charge in [-0.05, 0) is 19.8 Å². The molecule has 1 aromatic heterocycles. The van der Waals surface area contributed by atoms with Crippen LogP contribution in [0.2, 0.25) is 0 Å². The highest BCUT2D eigenvalue weighted by molar-refractivity contribution is 7.91. The number of sulfone groups is 1. The molecule has 2 rings (SSSR count). The number of rotatable bonds is 4. The SMILES string of the molecule is Cc1oc(CO)cc1S(=O)(=O)NC1CCS(=O)(=O)CC1. The number of hydrogen-bond acceptors (Lipinski definition) is 6. The molecular weight excluding hydrogens is 306 g/mol. The van der Waals surface area contributed by atoms with E-state index < -0.39 is 25.9 Å². The molecule has 0 atom stereocenters. The molecule has 20 heavy (non-hydrogen) atoms. The third-order valence-electron chi connectivity index (χ3n) is 3.25. The van der Waals surface area contributed by atoms with Gasteiger partial charge >= 0.3 is 0 Å². The van der Waals surface area contributed by atoms with Gasteiger partial charge in [0.05, 0.1) is 11.5 Å².